The number of carbonyl (C=O) groups excluding carboxylic acids is 1. The zero-order chi connectivity index (χ0) is 14.1. The van der Waals surface area contributed by atoms with E-state index in [2.05, 4.69) is 0 Å². The monoisotopic (exact) mass is 273 g/mol. The SMILES string of the molecule is CC(O)C1CCN(C(=O)c2cc3ccccc3o2)CC1. The van der Waals surface area contributed by atoms with Gasteiger partial charge in [-0.25, -0.2) is 0 Å². The molecule has 1 saturated heterocycles. The van der Waals surface area contributed by atoms with Crippen molar-refractivity contribution < 1.29 is 14.3 Å². The van der Waals surface area contributed by atoms with Gasteiger partial charge in [-0.3, -0.25) is 4.79 Å². The Morgan fingerprint density at radius 3 is 2.70 bits per heavy atom. The zero-order valence-electron chi connectivity index (χ0n) is 11.6. The first-order valence-corrected chi connectivity index (χ1v) is 7.11. The summed E-state index contributed by atoms with van der Waals surface area (Å²) >= 11 is 0. The number of carbonyl (C=O) groups is 1. The summed E-state index contributed by atoms with van der Waals surface area (Å²) in [5.41, 5.74) is 0.745. The van der Waals surface area contributed by atoms with Crippen molar-refractivity contribution in [2.75, 3.05) is 13.1 Å². The van der Waals surface area contributed by atoms with Gasteiger partial charge in [0, 0.05) is 18.5 Å². The minimum atomic E-state index is -0.293. The van der Waals surface area contributed by atoms with Crippen molar-refractivity contribution in [3.8, 4) is 0 Å². The third-order valence-electron chi connectivity index (χ3n) is 4.15. The summed E-state index contributed by atoms with van der Waals surface area (Å²) in [6, 6.07) is 9.44. The number of hydrogen-bond donors (Lipinski definition) is 1. The van der Waals surface area contributed by atoms with Gasteiger partial charge in [-0.1, -0.05) is 18.2 Å². The molecule has 0 radical (unpaired) electrons. The number of aliphatic hydroxyl groups excluding tert-OH is 1. The normalized spacial score (nSPS) is 18.4. The molecular weight excluding hydrogens is 254 g/mol. The van der Waals surface area contributed by atoms with E-state index in [1.165, 1.54) is 0 Å². The van der Waals surface area contributed by atoms with E-state index < -0.39 is 0 Å². The Morgan fingerprint density at radius 2 is 2.05 bits per heavy atom. The molecular formula is C16H19NO3. The molecule has 1 aliphatic rings. The van der Waals surface area contributed by atoms with Crippen molar-refractivity contribution in [1.82, 2.24) is 4.90 Å². The average Bonchev–Trinajstić information content (AvgIpc) is 2.90. The zero-order valence-corrected chi connectivity index (χ0v) is 11.6. The van der Waals surface area contributed by atoms with E-state index in [-0.39, 0.29) is 12.0 Å². The van der Waals surface area contributed by atoms with Gasteiger partial charge in [0.25, 0.3) is 5.91 Å². The molecule has 3 rings (SSSR count). The molecule has 4 heteroatoms. The highest BCUT2D eigenvalue weighted by molar-refractivity contribution is 5.96. The Hall–Kier alpha value is -1.81. The Morgan fingerprint density at radius 1 is 1.35 bits per heavy atom. The van der Waals surface area contributed by atoms with Gasteiger partial charge in [0.2, 0.25) is 0 Å². The number of para-hydroxylation sites is 1. The van der Waals surface area contributed by atoms with Crippen LogP contribution in [-0.4, -0.2) is 35.1 Å². The van der Waals surface area contributed by atoms with E-state index in [1.807, 2.05) is 36.1 Å². The number of rotatable bonds is 2. The van der Waals surface area contributed by atoms with Crippen LogP contribution >= 0.6 is 0 Å². The quantitative estimate of drug-likeness (QED) is 0.915. The summed E-state index contributed by atoms with van der Waals surface area (Å²) in [7, 11) is 0. The Balaban J connectivity index is 1.73. The Labute approximate surface area is 118 Å². The van der Waals surface area contributed by atoms with Crippen LogP contribution in [0.3, 0.4) is 0 Å². The van der Waals surface area contributed by atoms with Crippen LogP contribution in [0.2, 0.25) is 0 Å². The number of furan rings is 1. The number of amides is 1. The molecule has 1 unspecified atom stereocenters. The smallest absolute Gasteiger partial charge is 0.289 e. The molecule has 1 aromatic carbocycles. The molecule has 2 aromatic rings. The fourth-order valence-corrected chi connectivity index (χ4v) is 2.83. The molecule has 1 fully saturated rings. The minimum absolute atomic E-state index is 0.0507. The van der Waals surface area contributed by atoms with Gasteiger partial charge >= 0.3 is 0 Å². The summed E-state index contributed by atoms with van der Waals surface area (Å²) < 4.78 is 5.62. The summed E-state index contributed by atoms with van der Waals surface area (Å²) in [4.78, 5) is 14.2. The van der Waals surface area contributed by atoms with Gasteiger partial charge in [0.1, 0.15) is 5.58 Å². The predicted molar refractivity (Wildman–Crippen MR) is 76.5 cm³/mol. The molecule has 2 heterocycles. The molecule has 1 aromatic heterocycles. The van der Waals surface area contributed by atoms with Crippen molar-refractivity contribution in [3.63, 3.8) is 0 Å². The highest BCUT2D eigenvalue weighted by Gasteiger charge is 2.27. The number of benzene rings is 1. The average molecular weight is 273 g/mol. The fraction of sp³-hybridized carbons (Fsp3) is 0.438. The number of piperidine rings is 1. The molecule has 106 valence electrons. The molecule has 1 aliphatic heterocycles. The molecule has 20 heavy (non-hydrogen) atoms. The van der Waals surface area contributed by atoms with Gasteiger partial charge in [0.15, 0.2) is 5.76 Å². The minimum Gasteiger partial charge on any atom is -0.451 e. The molecule has 1 amide bonds. The lowest BCUT2D eigenvalue weighted by Crippen LogP contribution is -2.40. The highest BCUT2D eigenvalue weighted by atomic mass is 16.3. The third-order valence-corrected chi connectivity index (χ3v) is 4.15. The van der Waals surface area contributed by atoms with E-state index >= 15 is 0 Å². The van der Waals surface area contributed by atoms with E-state index in [0.29, 0.717) is 24.8 Å². The van der Waals surface area contributed by atoms with Crippen molar-refractivity contribution in [2.24, 2.45) is 5.92 Å². The molecule has 4 nitrogen and oxygen atoms in total. The van der Waals surface area contributed by atoms with E-state index in [9.17, 15) is 9.90 Å². The maximum absolute atomic E-state index is 12.4. The van der Waals surface area contributed by atoms with Crippen LogP contribution in [0.25, 0.3) is 11.0 Å². The molecule has 0 bridgehead atoms. The second kappa shape index (κ2) is 5.29. The van der Waals surface area contributed by atoms with Crippen LogP contribution < -0.4 is 0 Å². The summed E-state index contributed by atoms with van der Waals surface area (Å²) in [6.07, 6.45) is 1.41. The number of nitrogens with zero attached hydrogens (tertiary/aromatic N) is 1. The van der Waals surface area contributed by atoms with Crippen molar-refractivity contribution in [2.45, 2.75) is 25.9 Å². The molecule has 0 aliphatic carbocycles. The van der Waals surface area contributed by atoms with Crippen molar-refractivity contribution >= 4 is 16.9 Å². The maximum Gasteiger partial charge on any atom is 0.289 e. The van der Waals surface area contributed by atoms with Gasteiger partial charge in [-0.05, 0) is 37.8 Å². The van der Waals surface area contributed by atoms with Crippen LogP contribution in [0.1, 0.15) is 30.3 Å². The van der Waals surface area contributed by atoms with Crippen LogP contribution in [-0.2, 0) is 0 Å². The molecule has 1 N–H and O–H groups in total. The predicted octanol–water partition coefficient (Wildman–Crippen LogP) is 2.67. The topological polar surface area (TPSA) is 53.7 Å². The molecule has 1 atom stereocenters. The second-order valence-electron chi connectivity index (χ2n) is 5.52. The van der Waals surface area contributed by atoms with Crippen LogP contribution in [0.5, 0.6) is 0 Å². The second-order valence-corrected chi connectivity index (χ2v) is 5.52. The van der Waals surface area contributed by atoms with Gasteiger partial charge in [-0.15, -0.1) is 0 Å². The first kappa shape index (κ1) is 13.2. The molecule has 0 spiro atoms. The summed E-state index contributed by atoms with van der Waals surface area (Å²) in [5.74, 6) is 0.654. The number of fused-ring (bicyclic) bond motifs is 1. The van der Waals surface area contributed by atoms with Crippen molar-refractivity contribution in [3.05, 3.63) is 36.1 Å². The van der Waals surface area contributed by atoms with E-state index in [4.69, 9.17) is 4.42 Å². The van der Waals surface area contributed by atoms with E-state index in [0.717, 1.165) is 23.8 Å². The Kier molecular flexibility index (Phi) is 3.49. The summed E-state index contributed by atoms with van der Waals surface area (Å²) in [6.45, 7) is 3.19. The van der Waals surface area contributed by atoms with E-state index in [1.54, 1.807) is 6.07 Å². The lowest BCUT2D eigenvalue weighted by atomic mass is 9.92. The van der Waals surface area contributed by atoms with Crippen molar-refractivity contribution in [1.29, 1.82) is 0 Å². The van der Waals surface area contributed by atoms with Crippen LogP contribution in [0, 0.1) is 5.92 Å². The number of likely N-dealkylation sites (tertiary alicyclic amines) is 1. The number of aliphatic hydroxyl groups is 1. The lowest BCUT2D eigenvalue weighted by molar-refractivity contribution is 0.0500. The van der Waals surface area contributed by atoms with Crippen LogP contribution in [0.4, 0.5) is 0 Å². The van der Waals surface area contributed by atoms with Gasteiger partial charge in [0.05, 0.1) is 6.10 Å². The summed E-state index contributed by atoms with van der Waals surface area (Å²) in [5, 5.41) is 10.5. The third kappa shape index (κ3) is 2.43. The first-order chi connectivity index (χ1) is 9.65. The maximum atomic E-state index is 12.4. The fourth-order valence-electron chi connectivity index (χ4n) is 2.83. The van der Waals surface area contributed by atoms with Gasteiger partial charge < -0.3 is 14.4 Å². The Bertz CT molecular complexity index is 576. The first-order valence-electron chi connectivity index (χ1n) is 7.11. The number of hydrogen-bond acceptors (Lipinski definition) is 3. The largest absolute Gasteiger partial charge is 0.451 e. The van der Waals surface area contributed by atoms with Gasteiger partial charge in [-0.2, -0.15) is 0 Å². The standard InChI is InChI=1S/C16H19NO3/c1-11(18)12-6-8-17(9-7-12)16(19)15-10-13-4-2-3-5-14(13)20-15/h2-5,10-12,18H,6-9H2,1H3. The molecule has 0 saturated carbocycles. The van der Waals surface area contributed by atoms with Crippen LogP contribution in [0.15, 0.2) is 34.7 Å². The highest BCUT2D eigenvalue weighted by Crippen LogP contribution is 2.24. The lowest BCUT2D eigenvalue weighted by Gasteiger charge is -2.32.